The first kappa shape index (κ1) is 12.7. The van der Waals surface area contributed by atoms with Crippen molar-refractivity contribution in [3.05, 3.63) is 28.1 Å². The third-order valence-electron chi connectivity index (χ3n) is 3.11. The van der Waals surface area contributed by atoms with Gasteiger partial charge in [0.05, 0.1) is 0 Å². The van der Waals surface area contributed by atoms with Crippen LogP contribution in [0.3, 0.4) is 0 Å². The fourth-order valence-electron chi connectivity index (χ4n) is 2.38. The number of hydrogen-bond donors (Lipinski definition) is 0. The second kappa shape index (κ2) is 5.65. The highest BCUT2D eigenvalue weighted by Crippen LogP contribution is 2.23. The van der Waals surface area contributed by atoms with Gasteiger partial charge in [-0.15, -0.1) is 0 Å². The number of hydrogen-bond acceptors (Lipinski definition) is 2. The normalized spacial score (nSPS) is 10.2. The smallest absolute Gasteiger partial charge is 0.144 e. The molecule has 0 bridgehead atoms. The van der Waals surface area contributed by atoms with Gasteiger partial charge in [0.25, 0.3) is 0 Å². The van der Waals surface area contributed by atoms with Crippen molar-refractivity contribution in [1.29, 1.82) is 5.26 Å². The molecule has 0 aliphatic carbocycles. The van der Waals surface area contributed by atoms with Gasteiger partial charge in [0.1, 0.15) is 11.8 Å². The maximum atomic E-state index is 9.14. The van der Waals surface area contributed by atoms with Crippen molar-refractivity contribution in [3.8, 4) is 6.07 Å². The van der Waals surface area contributed by atoms with E-state index in [1.807, 2.05) is 0 Å². The summed E-state index contributed by atoms with van der Waals surface area (Å²) < 4.78 is 0. The summed E-state index contributed by atoms with van der Waals surface area (Å²) in [6.45, 7) is 8.53. The van der Waals surface area contributed by atoms with Crippen LogP contribution in [0.1, 0.15) is 55.8 Å². The van der Waals surface area contributed by atoms with E-state index < -0.39 is 0 Å². The first-order valence-electron chi connectivity index (χ1n) is 6.16. The Hall–Kier alpha value is -1.36. The molecule has 1 heterocycles. The largest absolute Gasteiger partial charge is 0.242 e. The van der Waals surface area contributed by atoms with Crippen LogP contribution < -0.4 is 0 Å². The third-order valence-corrected chi connectivity index (χ3v) is 3.11. The molecule has 0 aliphatic heterocycles. The second-order valence-electron chi connectivity index (χ2n) is 3.87. The first-order valence-corrected chi connectivity index (χ1v) is 6.16. The lowest BCUT2D eigenvalue weighted by Gasteiger charge is -2.16. The third kappa shape index (κ3) is 2.09. The van der Waals surface area contributed by atoms with Crippen LogP contribution in [0, 0.1) is 11.3 Å². The first-order chi connectivity index (χ1) is 7.73. The Morgan fingerprint density at radius 2 is 1.44 bits per heavy atom. The van der Waals surface area contributed by atoms with Crippen molar-refractivity contribution in [2.24, 2.45) is 0 Å². The number of nitriles is 1. The minimum absolute atomic E-state index is 0.633. The molecule has 0 saturated carbocycles. The van der Waals surface area contributed by atoms with Gasteiger partial charge in [0.15, 0.2) is 0 Å². The molecule has 0 unspecified atom stereocenters. The van der Waals surface area contributed by atoms with Gasteiger partial charge < -0.3 is 0 Å². The quantitative estimate of drug-likeness (QED) is 0.775. The predicted molar refractivity (Wildman–Crippen MR) is 66.5 cm³/mol. The molecule has 1 rings (SSSR count). The average Bonchev–Trinajstić information content (AvgIpc) is 2.35. The highest BCUT2D eigenvalue weighted by molar-refractivity contribution is 5.45. The summed E-state index contributed by atoms with van der Waals surface area (Å²) >= 11 is 0. The number of pyridine rings is 1. The van der Waals surface area contributed by atoms with Crippen LogP contribution in [0.25, 0.3) is 0 Å². The summed E-state index contributed by atoms with van der Waals surface area (Å²) in [5.41, 5.74) is 5.61. The van der Waals surface area contributed by atoms with E-state index in [2.05, 4.69) is 38.7 Å². The van der Waals surface area contributed by atoms with E-state index >= 15 is 0 Å². The Morgan fingerprint density at radius 3 is 1.81 bits per heavy atom. The molecule has 2 heteroatoms. The molecule has 0 saturated heterocycles. The molecule has 1 aromatic heterocycles. The van der Waals surface area contributed by atoms with Crippen LogP contribution >= 0.6 is 0 Å². The molecule has 0 N–H and O–H groups in total. The van der Waals surface area contributed by atoms with Crippen molar-refractivity contribution in [3.63, 3.8) is 0 Å². The molecule has 2 nitrogen and oxygen atoms in total. The molecule has 16 heavy (non-hydrogen) atoms. The minimum atomic E-state index is 0.633. The molecule has 86 valence electrons. The summed E-state index contributed by atoms with van der Waals surface area (Å²) in [6.07, 6.45) is 3.82. The van der Waals surface area contributed by atoms with Crippen LogP contribution in [-0.2, 0) is 25.7 Å². The fraction of sp³-hybridized carbons (Fsp3) is 0.571. The minimum Gasteiger partial charge on any atom is -0.242 e. The van der Waals surface area contributed by atoms with E-state index in [4.69, 9.17) is 5.26 Å². The lowest BCUT2D eigenvalue weighted by molar-refractivity contribution is 0.885. The zero-order chi connectivity index (χ0) is 12.1. The average molecular weight is 216 g/mol. The van der Waals surface area contributed by atoms with Crippen molar-refractivity contribution in [1.82, 2.24) is 4.98 Å². The highest BCUT2D eigenvalue weighted by Gasteiger charge is 2.15. The van der Waals surface area contributed by atoms with Gasteiger partial charge in [-0.3, -0.25) is 0 Å². The standard InChI is InChI=1S/C14H20N2/c1-5-10-11(6-2)13(8-4)16-14(9-15)12(10)7-3/h5-8H2,1-4H3. The van der Waals surface area contributed by atoms with Crippen LogP contribution in [0.2, 0.25) is 0 Å². The summed E-state index contributed by atoms with van der Waals surface area (Å²) in [7, 11) is 0. The van der Waals surface area contributed by atoms with Crippen LogP contribution in [0.15, 0.2) is 0 Å². The molecule has 0 aromatic carbocycles. The number of nitrogens with zero attached hydrogens (tertiary/aromatic N) is 2. The van der Waals surface area contributed by atoms with Crippen molar-refractivity contribution in [2.45, 2.75) is 53.4 Å². The number of aromatic nitrogens is 1. The summed E-state index contributed by atoms with van der Waals surface area (Å²) in [5, 5.41) is 9.14. The Labute approximate surface area is 98.3 Å². The predicted octanol–water partition coefficient (Wildman–Crippen LogP) is 3.20. The van der Waals surface area contributed by atoms with E-state index in [9.17, 15) is 0 Å². The SMILES string of the molecule is CCc1nc(C#N)c(CC)c(CC)c1CC. The van der Waals surface area contributed by atoms with E-state index in [0.29, 0.717) is 5.69 Å². The van der Waals surface area contributed by atoms with Gasteiger partial charge in [-0.05, 0) is 42.4 Å². The van der Waals surface area contributed by atoms with Gasteiger partial charge in [0, 0.05) is 5.69 Å². The van der Waals surface area contributed by atoms with Crippen molar-refractivity contribution >= 4 is 0 Å². The summed E-state index contributed by atoms with van der Waals surface area (Å²) in [6, 6.07) is 2.24. The molecular formula is C14H20N2. The number of aryl methyl sites for hydroxylation is 1. The Balaban J connectivity index is 3.56. The van der Waals surface area contributed by atoms with Gasteiger partial charge in [-0.2, -0.15) is 5.26 Å². The van der Waals surface area contributed by atoms with Gasteiger partial charge >= 0.3 is 0 Å². The van der Waals surface area contributed by atoms with Gasteiger partial charge in [0.2, 0.25) is 0 Å². The lowest BCUT2D eigenvalue weighted by Crippen LogP contribution is -2.08. The maximum Gasteiger partial charge on any atom is 0.144 e. The lowest BCUT2D eigenvalue weighted by atomic mass is 9.92. The van der Waals surface area contributed by atoms with E-state index in [-0.39, 0.29) is 0 Å². The van der Waals surface area contributed by atoms with Crippen molar-refractivity contribution < 1.29 is 0 Å². The molecule has 0 radical (unpaired) electrons. The Morgan fingerprint density at radius 1 is 0.875 bits per heavy atom. The molecule has 0 amide bonds. The van der Waals surface area contributed by atoms with Crippen LogP contribution in [0.4, 0.5) is 0 Å². The van der Waals surface area contributed by atoms with E-state index in [1.54, 1.807) is 0 Å². The Kier molecular flexibility index (Phi) is 4.49. The topological polar surface area (TPSA) is 36.7 Å². The van der Waals surface area contributed by atoms with E-state index in [1.165, 1.54) is 11.1 Å². The highest BCUT2D eigenvalue weighted by atomic mass is 14.7. The zero-order valence-corrected chi connectivity index (χ0v) is 10.7. The second-order valence-corrected chi connectivity index (χ2v) is 3.87. The molecule has 0 atom stereocenters. The Bertz CT molecular complexity index is 414. The molecule has 0 spiro atoms. The molecule has 0 fully saturated rings. The fourth-order valence-corrected chi connectivity index (χ4v) is 2.38. The summed E-state index contributed by atoms with van der Waals surface area (Å²) in [5.74, 6) is 0. The van der Waals surface area contributed by atoms with Crippen LogP contribution in [-0.4, -0.2) is 4.98 Å². The maximum absolute atomic E-state index is 9.14. The molecule has 1 aromatic rings. The zero-order valence-electron chi connectivity index (χ0n) is 10.7. The molecular weight excluding hydrogens is 196 g/mol. The van der Waals surface area contributed by atoms with Gasteiger partial charge in [-0.1, -0.05) is 27.7 Å². The van der Waals surface area contributed by atoms with Gasteiger partial charge in [-0.25, -0.2) is 4.98 Å². The summed E-state index contributed by atoms with van der Waals surface area (Å²) in [4.78, 5) is 4.50. The van der Waals surface area contributed by atoms with E-state index in [0.717, 1.165) is 36.9 Å². The van der Waals surface area contributed by atoms with Crippen LogP contribution in [0.5, 0.6) is 0 Å². The number of rotatable bonds is 4. The monoisotopic (exact) mass is 216 g/mol. The van der Waals surface area contributed by atoms with Crippen molar-refractivity contribution in [2.75, 3.05) is 0 Å². The molecule has 0 aliphatic rings.